The lowest BCUT2D eigenvalue weighted by molar-refractivity contribution is -0.123. The zero-order chi connectivity index (χ0) is 13.9. The van der Waals surface area contributed by atoms with Crippen molar-refractivity contribution in [2.45, 2.75) is 19.3 Å². The summed E-state index contributed by atoms with van der Waals surface area (Å²) in [6.07, 6.45) is 3.27. The van der Waals surface area contributed by atoms with E-state index in [-0.39, 0.29) is 23.7 Å². The van der Waals surface area contributed by atoms with E-state index in [2.05, 4.69) is 0 Å². The minimum atomic E-state index is -0.0776. The van der Waals surface area contributed by atoms with Crippen LogP contribution in [0.1, 0.15) is 19.3 Å². The van der Waals surface area contributed by atoms with Crippen LogP contribution in [0.2, 0.25) is 0 Å². The summed E-state index contributed by atoms with van der Waals surface area (Å²) in [5.41, 5.74) is 0.596. The van der Waals surface area contributed by atoms with Crippen LogP contribution in [0.25, 0.3) is 0 Å². The molecule has 2 amide bonds. The molecule has 1 aliphatic heterocycles. The lowest BCUT2D eigenvalue weighted by atomic mass is 9.81. The van der Waals surface area contributed by atoms with Crippen LogP contribution in [0.5, 0.6) is 5.75 Å². The number of carbonyl (C=O) groups is 2. The number of amides is 2. The second-order valence-electron chi connectivity index (χ2n) is 6.07. The molecule has 1 aromatic rings. The number of hydrogen-bond donors (Lipinski definition) is 0. The van der Waals surface area contributed by atoms with Crippen LogP contribution >= 0.6 is 0 Å². The van der Waals surface area contributed by atoms with Gasteiger partial charge in [0.2, 0.25) is 11.8 Å². The van der Waals surface area contributed by atoms with Gasteiger partial charge in [-0.15, -0.1) is 0 Å². The molecule has 0 spiro atoms. The highest BCUT2D eigenvalue weighted by molar-refractivity contribution is 6.23. The van der Waals surface area contributed by atoms with E-state index in [4.69, 9.17) is 4.74 Å². The van der Waals surface area contributed by atoms with Crippen molar-refractivity contribution >= 4 is 17.5 Å². The summed E-state index contributed by atoms with van der Waals surface area (Å²) in [6.45, 7) is 0. The van der Waals surface area contributed by atoms with Crippen LogP contribution in [0, 0.1) is 23.7 Å². The Morgan fingerprint density at radius 3 is 2.25 bits per heavy atom. The van der Waals surface area contributed by atoms with E-state index in [1.807, 2.05) is 12.1 Å². The molecule has 1 heterocycles. The molecule has 0 aromatic heterocycles. The van der Waals surface area contributed by atoms with E-state index < -0.39 is 0 Å². The highest BCUT2D eigenvalue weighted by Crippen LogP contribution is 2.57. The molecule has 1 aromatic carbocycles. The third-order valence-corrected chi connectivity index (χ3v) is 5.25. The second kappa shape index (κ2) is 4.08. The van der Waals surface area contributed by atoms with Crippen molar-refractivity contribution in [1.29, 1.82) is 0 Å². The first-order valence-corrected chi connectivity index (χ1v) is 7.23. The van der Waals surface area contributed by atoms with Gasteiger partial charge in [-0.1, -0.05) is 12.1 Å². The Hall–Kier alpha value is -1.84. The summed E-state index contributed by atoms with van der Waals surface area (Å²) in [6, 6.07) is 7.26. The molecule has 4 unspecified atom stereocenters. The number of para-hydroxylation sites is 2. The monoisotopic (exact) mass is 271 g/mol. The summed E-state index contributed by atoms with van der Waals surface area (Å²) in [5, 5.41) is 0. The number of fused-ring (bicyclic) bond motifs is 5. The van der Waals surface area contributed by atoms with Gasteiger partial charge in [-0.2, -0.15) is 0 Å². The molecular formula is C16H17NO3. The fraction of sp³-hybridized carbons (Fsp3) is 0.500. The van der Waals surface area contributed by atoms with E-state index in [1.54, 1.807) is 19.2 Å². The molecule has 2 saturated carbocycles. The first-order chi connectivity index (χ1) is 9.72. The number of benzene rings is 1. The molecule has 4 nitrogen and oxygen atoms in total. The lowest BCUT2D eigenvalue weighted by Gasteiger charge is -2.19. The standard InChI is InChI=1S/C16H17NO3/c1-20-12-5-3-2-4-11(12)17-15(18)13-9-6-7-10(8-9)14(13)16(17)19/h2-5,9-10,13-14H,6-8H2,1H3. The maximum absolute atomic E-state index is 12.7. The summed E-state index contributed by atoms with van der Waals surface area (Å²) in [5.74, 6) is 1.23. The van der Waals surface area contributed by atoms with Gasteiger partial charge >= 0.3 is 0 Å². The number of imide groups is 1. The van der Waals surface area contributed by atoms with Gasteiger partial charge in [0.1, 0.15) is 5.75 Å². The SMILES string of the molecule is COc1ccccc1N1C(=O)C2C3CCC(C3)C2C1=O. The Morgan fingerprint density at radius 1 is 1.05 bits per heavy atom. The number of nitrogens with zero attached hydrogens (tertiary/aromatic N) is 1. The van der Waals surface area contributed by atoms with E-state index >= 15 is 0 Å². The first kappa shape index (κ1) is 11.9. The summed E-state index contributed by atoms with van der Waals surface area (Å²) in [7, 11) is 1.56. The van der Waals surface area contributed by atoms with Gasteiger partial charge in [0.05, 0.1) is 24.6 Å². The molecule has 4 rings (SSSR count). The summed E-state index contributed by atoms with van der Waals surface area (Å²) in [4.78, 5) is 26.8. The smallest absolute Gasteiger partial charge is 0.238 e. The Bertz CT molecular complexity index is 569. The molecule has 20 heavy (non-hydrogen) atoms. The quantitative estimate of drug-likeness (QED) is 0.775. The van der Waals surface area contributed by atoms with Crippen LogP contribution < -0.4 is 9.64 Å². The van der Waals surface area contributed by atoms with Crippen molar-refractivity contribution in [2.75, 3.05) is 12.0 Å². The highest BCUT2D eigenvalue weighted by Gasteiger charge is 2.61. The van der Waals surface area contributed by atoms with E-state index in [9.17, 15) is 9.59 Å². The maximum Gasteiger partial charge on any atom is 0.238 e. The Kier molecular flexibility index (Phi) is 2.43. The van der Waals surface area contributed by atoms with Gasteiger partial charge in [0.15, 0.2) is 0 Å². The van der Waals surface area contributed by atoms with Crippen molar-refractivity contribution in [3.8, 4) is 5.75 Å². The first-order valence-electron chi connectivity index (χ1n) is 7.23. The van der Waals surface area contributed by atoms with Crippen LogP contribution in [0.4, 0.5) is 5.69 Å². The van der Waals surface area contributed by atoms with Crippen molar-refractivity contribution < 1.29 is 14.3 Å². The predicted molar refractivity (Wildman–Crippen MR) is 73.3 cm³/mol. The molecule has 2 bridgehead atoms. The number of carbonyl (C=O) groups excluding carboxylic acids is 2. The fourth-order valence-corrected chi connectivity index (χ4v) is 4.46. The predicted octanol–water partition coefficient (Wildman–Crippen LogP) is 2.23. The zero-order valence-corrected chi connectivity index (χ0v) is 11.4. The van der Waals surface area contributed by atoms with E-state index in [0.29, 0.717) is 23.3 Å². The molecule has 3 fully saturated rings. The molecule has 1 saturated heterocycles. The molecule has 0 radical (unpaired) electrons. The lowest BCUT2D eigenvalue weighted by Crippen LogP contribution is -2.33. The van der Waals surface area contributed by atoms with Crippen LogP contribution in [-0.4, -0.2) is 18.9 Å². The van der Waals surface area contributed by atoms with Gasteiger partial charge in [-0.25, -0.2) is 4.90 Å². The van der Waals surface area contributed by atoms with Crippen molar-refractivity contribution in [3.05, 3.63) is 24.3 Å². The highest BCUT2D eigenvalue weighted by atomic mass is 16.5. The second-order valence-corrected chi connectivity index (χ2v) is 6.07. The number of hydrogen-bond acceptors (Lipinski definition) is 3. The topological polar surface area (TPSA) is 46.6 Å². The third-order valence-electron chi connectivity index (χ3n) is 5.25. The normalized spacial score (nSPS) is 34.8. The molecule has 104 valence electrons. The van der Waals surface area contributed by atoms with Gasteiger partial charge < -0.3 is 4.74 Å². The third kappa shape index (κ3) is 1.37. The molecule has 4 heteroatoms. The van der Waals surface area contributed by atoms with Crippen LogP contribution in [0.3, 0.4) is 0 Å². The molecular weight excluding hydrogens is 254 g/mol. The van der Waals surface area contributed by atoms with E-state index in [0.717, 1.165) is 19.3 Å². The Labute approximate surface area is 117 Å². The van der Waals surface area contributed by atoms with Crippen molar-refractivity contribution in [2.24, 2.45) is 23.7 Å². The minimum absolute atomic E-state index is 0.0169. The maximum atomic E-state index is 12.7. The largest absolute Gasteiger partial charge is 0.495 e. The molecule has 0 N–H and O–H groups in total. The molecule has 3 aliphatic rings. The van der Waals surface area contributed by atoms with Crippen LogP contribution in [-0.2, 0) is 9.59 Å². The van der Waals surface area contributed by atoms with Gasteiger partial charge in [0, 0.05) is 0 Å². The number of anilines is 1. The average Bonchev–Trinajstić information content (AvgIpc) is 3.13. The van der Waals surface area contributed by atoms with E-state index in [1.165, 1.54) is 4.90 Å². The average molecular weight is 271 g/mol. The fourth-order valence-electron chi connectivity index (χ4n) is 4.46. The van der Waals surface area contributed by atoms with Crippen molar-refractivity contribution in [3.63, 3.8) is 0 Å². The minimum Gasteiger partial charge on any atom is -0.495 e. The Morgan fingerprint density at radius 2 is 1.65 bits per heavy atom. The van der Waals surface area contributed by atoms with Crippen molar-refractivity contribution in [1.82, 2.24) is 0 Å². The molecule has 4 atom stereocenters. The van der Waals surface area contributed by atoms with Crippen LogP contribution in [0.15, 0.2) is 24.3 Å². The summed E-state index contributed by atoms with van der Waals surface area (Å²) >= 11 is 0. The van der Waals surface area contributed by atoms with Gasteiger partial charge in [-0.3, -0.25) is 9.59 Å². The van der Waals surface area contributed by atoms with Gasteiger partial charge in [0.25, 0.3) is 0 Å². The summed E-state index contributed by atoms with van der Waals surface area (Å²) < 4.78 is 5.30. The number of ether oxygens (including phenoxy) is 1. The molecule has 2 aliphatic carbocycles. The number of rotatable bonds is 2. The van der Waals surface area contributed by atoms with Gasteiger partial charge in [-0.05, 0) is 43.2 Å². The Balaban J connectivity index is 1.77. The zero-order valence-electron chi connectivity index (χ0n) is 11.4. The number of methoxy groups -OCH3 is 1.